The van der Waals surface area contributed by atoms with Gasteiger partial charge in [-0.3, -0.25) is 9.67 Å². The van der Waals surface area contributed by atoms with Gasteiger partial charge in [0.15, 0.2) is 10.6 Å². The third kappa shape index (κ3) is 1.45. The van der Waals surface area contributed by atoms with Crippen LogP contribution in [0.3, 0.4) is 0 Å². The molecule has 0 bridgehead atoms. The van der Waals surface area contributed by atoms with Crippen LogP contribution in [0, 0.1) is 4.77 Å². The molecule has 6 heteroatoms. The SMILES string of the molecule is CCn1c(-c2cc3sccc3s2)n[nH]c1=S. The lowest BCUT2D eigenvalue weighted by atomic mass is 10.4. The first-order valence-corrected chi connectivity index (χ1v) is 7.02. The van der Waals surface area contributed by atoms with E-state index >= 15 is 0 Å². The smallest absolute Gasteiger partial charge is 0.195 e. The summed E-state index contributed by atoms with van der Waals surface area (Å²) in [6, 6.07) is 4.33. The van der Waals surface area contributed by atoms with Gasteiger partial charge in [-0.1, -0.05) is 0 Å². The third-order valence-electron chi connectivity index (χ3n) is 2.43. The zero-order valence-corrected chi connectivity index (χ0v) is 11.0. The molecule has 0 unspecified atom stereocenters. The van der Waals surface area contributed by atoms with Crippen molar-refractivity contribution in [3.05, 3.63) is 22.3 Å². The highest BCUT2D eigenvalue weighted by Crippen LogP contribution is 2.35. The van der Waals surface area contributed by atoms with Gasteiger partial charge in [0.05, 0.1) is 4.88 Å². The number of fused-ring (bicyclic) bond motifs is 1. The minimum absolute atomic E-state index is 0.689. The molecule has 0 spiro atoms. The Labute approximate surface area is 105 Å². The monoisotopic (exact) mass is 267 g/mol. The summed E-state index contributed by atoms with van der Waals surface area (Å²) in [6.07, 6.45) is 0. The largest absolute Gasteiger partial charge is 0.300 e. The minimum atomic E-state index is 0.689. The van der Waals surface area contributed by atoms with Gasteiger partial charge in [0.1, 0.15) is 0 Å². The predicted molar refractivity (Wildman–Crippen MR) is 71.8 cm³/mol. The molecule has 0 saturated carbocycles. The van der Waals surface area contributed by atoms with Gasteiger partial charge in [-0.15, -0.1) is 22.7 Å². The second-order valence-electron chi connectivity index (χ2n) is 3.36. The Bertz CT molecular complexity index is 657. The number of aromatic amines is 1. The molecule has 16 heavy (non-hydrogen) atoms. The van der Waals surface area contributed by atoms with Crippen LogP contribution < -0.4 is 0 Å². The van der Waals surface area contributed by atoms with E-state index in [0.29, 0.717) is 4.77 Å². The summed E-state index contributed by atoms with van der Waals surface area (Å²) in [5, 5.41) is 9.25. The first-order chi connectivity index (χ1) is 7.79. The quantitative estimate of drug-likeness (QED) is 0.714. The molecule has 3 aromatic rings. The van der Waals surface area contributed by atoms with Crippen LogP contribution in [0.2, 0.25) is 0 Å². The van der Waals surface area contributed by atoms with Crippen molar-refractivity contribution < 1.29 is 0 Å². The molecule has 0 radical (unpaired) electrons. The number of hydrogen-bond acceptors (Lipinski definition) is 4. The maximum Gasteiger partial charge on any atom is 0.195 e. The van der Waals surface area contributed by atoms with Crippen LogP contribution in [0.25, 0.3) is 20.1 Å². The summed E-state index contributed by atoms with van der Waals surface area (Å²) in [4.78, 5) is 1.18. The van der Waals surface area contributed by atoms with Crippen LogP contribution in [0.5, 0.6) is 0 Å². The lowest BCUT2D eigenvalue weighted by Gasteiger charge is -1.99. The molecule has 0 fully saturated rings. The fourth-order valence-corrected chi connectivity index (χ4v) is 4.04. The number of nitrogens with zero attached hydrogens (tertiary/aromatic N) is 2. The summed E-state index contributed by atoms with van der Waals surface area (Å²) in [5.74, 6) is 0.945. The Hall–Kier alpha value is -0.980. The van der Waals surface area contributed by atoms with E-state index in [1.807, 2.05) is 4.57 Å². The molecular formula is C10H9N3S3. The zero-order valence-electron chi connectivity index (χ0n) is 8.56. The molecule has 3 heterocycles. The van der Waals surface area contributed by atoms with E-state index in [9.17, 15) is 0 Å². The summed E-state index contributed by atoms with van der Waals surface area (Å²) in [7, 11) is 0. The third-order valence-corrected chi connectivity index (χ3v) is 4.84. The standard InChI is InChI=1S/C10H9N3S3/c1-2-13-9(11-12-10(13)14)8-5-7-6(16-8)3-4-15-7/h3-5H,2H2,1H3,(H,12,14). The van der Waals surface area contributed by atoms with Crippen LogP contribution in [-0.4, -0.2) is 14.8 Å². The number of thiophene rings is 2. The lowest BCUT2D eigenvalue weighted by molar-refractivity contribution is 0.757. The first-order valence-electron chi connectivity index (χ1n) is 4.92. The highest BCUT2D eigenvalue weighted by atomic mass is 32.1. The van der Waals surface area contributed by atoms with Crippen LogP contribution >= 0.6 is 34.9 Å². The van der Waals surface area contributed by atoms with Gasteiger partial charge < -0.3 is 0 Å². The Morgan fingerprint density at radius 3 is 3.12 bits per heavy atom. The van der Waals surface area contributed by atoms with E-state index in [-0.39, 0.29) is 0 Å². The van der Waals surface area contributed by atoms with E-state index in [4.69, 9.17) is 12.2 Å². The molecule has 0 atom stereocenters. The predicted octanol–water partition coefficient (Wildman–Crippen LogP) is 3.90. The molecule has 3 nitrogen and oxygen atoms in total. The minimum Gasteiger partial charge on any atom is -0.300 e. The number of H-pyrrole nitrogens is 1. The van der Waals surface area contributed by atoms with Gasteiger partial charge in [0.2, 0.25) is 0 Å². The van der Waals surface area contributed by atoms with Crippen molar-refractivity contribution in [2.75, 3.05) is 0 Å². The van der Waals surface area contributed by atoms with E-state index in [2.05, 4.69) is 34.6 Å². The Morgan fingerprint density at radius 1 is 1.50 bits per heavy atom. The number of hydrogen-bond donors (Lipinski definition) is 1. The van der Waals surface area contributed by atoms with Gasteiger partial charge in [-0.05, 0) is 36.7 Å². The highest BCUT2D eigenvalue weighted by molar-refractivity contribution is 7.71. The van der Waals surface area contributed by atoms with Gasteiger partial charge in [-0.2, -0.15) is 5.10 Å². The maximum absolute atomic E-state index is 5.18. The Morgan fingerprint density at radius 2 is 2.38 bits per heavy atom. The van der Waals surface area contributed by atoms with E-state index in [1.54, 1.807) is 22.7 Å². The fraction of sp³-hybridized carbons (Fsp3) is 0.200. The molecule has 0 aliphatic heterocycles. The molecule has 3 aromatic heterocycles. The van der Waals surface area contributed by atoms with Crippen molar-refractivity contribution in [3.63, 3.8) is 0 Å². The number of aromatic nitrogens is 3. The number of rotatable bonds is 2. The van der Waals surface area contributed by atoms with Crippen LogP contribution in [0.4, 0.5) is 0 Å². The summed E-state index contributed by atoms with van der Waals surface area (Å²) < 4.78 is 5.34. The van der Waals surface area contributed by atoms with E-state index < -0.39 is 0 Å². The molecule has 1 N–H and O–H groups in total. The lowest BCUT2D eigenvalue weighted by Crippen LogP contribution is -1.95. The van der Waals surface area contributed by atoms with Crippen molar-refractivity contribution in [2.45, 2.75) is 13.5 Å². The van der Waals surface area contributed by atoms with Crippen LogP contribution in [0.15, 0.2) is 17.5 Å². The summed E-state index contributed by atoms with van der Waals surface area (Å²) >= 11 is 8.71. The molecule has 0 amide bonds. The molecule has 0 aliphatic carbocycles. The zero-order chi connectivity index (χ0) is 11.1. The van der Waals surface area contributed by atoms with Crippen molar-refractivity contribution in [1.82, 2.24) is 14.8 Å². The molecular weight excluding hydrogens is 258 g/mol. The second-order valence-corrected chi connectivity index (χ2v) is 5.77. The Balaban J connectivity index is 2.22. The van der Waals surface area contributed by atoms with Crippen molar-refractivity contribution in [3.8, 4) is 10.7 Å². The summed E-state index contributed by atoms with van der Waals surface area (Å²) in [6.45, 7) is 2.92. The maximum atomic E-state index is 5.18. The average Bonchev–Trinajstić information content (AvgIpc) is 2.89. The van der Waals surface area contributed by atoms with Crippen molar-refractivity contribution >= 4 is 44.3 Å². The van der Waals surface area contributed by atoms with Gasteiger partial charge in [-0.25, -0.2) is 0 Å². The average molecular weight is 267 g/mol. The fourth-order valence-electron chi connectivity index (χ4n) is 1.68. The molecule has 0 aromatic carbocycles. The van der Waals surface area contributed by atoms with E-state index in [1.165, 1.54) is 14.3 Å². The molecule has 0 aliphatic rings. The van der Waals surface area contributed by atoms with Gasteiger partial charge >= 0.3 is 0 Å². The first kappa shape index (κ1) is 10.2. The molecule has 3 rings (SSSR count). The Kier molecular flexibility index (Phi) is 2.42. The normalized spacial score (nSPS) is 11.3. The molecule has 82 valence electrons. The van der Waals surface area contributed by atoms with Gasteiger partial charge in [0.25, 0.3) is 0 Å². The van der Waals surface area contributed by atoms with Crippen molar-refractivity contribution in [1.29, 1.82) is 0 Å². The van der Waals surface area contributed by atoms with Gasteiger partial charge in [0, 0.05) is 15.9 Å². The van der Waals surface area contributed by atoms with E-state index in [0.717, 1.165) is 12.4 Å². The van der Waals surface area contributed by atoms with Crippen molar-refractivity contribution in [2.24, 2.45) is 0 Å². The second kappa shape index (κ2) is 3.80. The topological polar surface area (TPSA) is 33.6 Å². The summed E-state index contributed by atoms with van der Waals surface area (Å²) in [5.41, 5.74) is 0. The van der Waals surface area contributed by atoms with Crippen LogP contribution in [0.1, 0.15) is 6.92 Å². The number of nitrogens with one attached hydrogen (secondary N) is 1. The highest BCUT2D eigenvalue weighted by Gasteiger charge is 2.11. The van der Waals surface area contributed by atoms with Crippen LogP contribution in [-0.2, 0) is 6.54 Å². The molecule has 0 saturated heterocycles.